The van der Waals surface area contributed by atoms with Gasteiger partial charge in [0.25, 0.3) is 5.91 Å². The lowest BCUT2D eigenvalue weighted by Crippen LogP contribution is -2.62. The van der Waals surface area contributed by atoms with Crippen molar-refractivity contribution in [2.24, 2.45) is 0 Å². The molecule has 1 fully saturated rings. The minimum Gasteiger partial charge on any atom is -0.387 e. The lowest BCUT2D eigenvalue weighted by Gasteiger charge is -2.41. The van der Waals surface area contributed by atoms with Crippen molar-refractivity contribution in [2.45, 2.75) is 50.7 Å². The van der Waals surface area contributed by atoms with Crippen molar-refractivity contribution < 1.29 is 29.2 Å². The summed E-state index contributed by atoms with van der Waals surface area (Å²) in [5, 5.41) is 22.2. The smallest absolute Gasteiger partial charge is 0.251 e. The standard InChI is InChI=1S/C11H21NO6/c1-5(2)17-8-6(13)7(14)11(16-4)18-9(8)10(15)12-3/h5-9,11,13-14H,1-4H3,(H,12,15)/t6-,7+,8+,9?,11-/m1/s1. The zero-order valence-corrected chi connectivity index (χ0v) is 11.0. The Hall–Kier alpha value is -0.730. The second-order valence-electron chi connectivity index (χ2n) is 4.41. The summed E-state index contributed by atoms with van der Waals surface area (Å²) in [6.07, 6.45) is -5.76. The fourth-order valence-electron chi connectivity index (χ4n) is 1.85. The Bertz CT molecular complexity index is 285. The second-order valence-corrected chi connectivity index (χ2v) is 4.41. The van der Waals surface area contributed by atoms with Gasteiger partial charge in [0.2, 0.25) is 0 Å². The zero-order valence-electron chi connectivity index (χ0n) is 11.0. The SMILES string of the molecule is CNC(=O)C1O[C@@H](OC)[C@@H](O)[C@@H](O)[C@@H]1OC(C)C. The summed E-state index contributed by atoms with van der Waals surface area (Å²) in [6, 6.07) is 0. The molecule has 0 aliphatic carbocycles. The Kier molecular flexibility index (Phi) is 5.48. The number of hydrogen-bond donors (Lipinski definition) is 3. The zero-order chi connectivity index (χ0) is 13.9. The molecule has 1 aliphatic heterocycles. The number of aliphatic hydroxyl groups excluding tert-OH is 2. The molecule has 7 nitrogen and oxygen atoms in total. The van der Waals surface area contributed by atoms with Gasteiger partial charge in [-0.3, -0.25) is 4.79 Å². The second kappa shape index (κ2) is 6.44. The maximum absolute atomic E-state index is 11.7. The topological polar surface area (TPSA) is 97.3 Å². The molecule has 5 atom stereocenters. The molecule has 0 aromatic heterocycles. The van der Waals surface area contributed by atoms with Crippen LogP contribution < -0.4 is 5.32 Å². The van der Waals surface area contributed by atoms with Gasteiger partial charge in [0.1, 0.15) is 18.3 Å². The van der Waals surface area contributed by atoms with Gasteiger partial charge in [0.15, 0.2) is 12.4 Å². The summed E-state index contributed by atoms with van der Waals surface area (Å²) < 4.78 is 15.7. The summed E-state index contributed by atoms with van der Waals surface area (Å²) in [7, 11) is 2.78. The van der Waals surface area contributed by atoms with E-state index in [4.69, 9.17) is 14.2 Å². The van der Waals surface area contributed by atoms with Crippen LogP contribution in [-0.2, 0) is 19.0 Å². The van der Waals surface area contributed by atoms with Crippen molar-refractivity contribution in [1.82, 2.24) is 5.32 Å². The van der Waals surface area contributed by atoms with Crippen molar-refractivity contribution in [2.75, 3.05) is 14.2 Å². The van der Waals surface area contributed by atoms with Crippen molar-refractivity contribution in [1.29, 1.82) is 0 Å². The molecule has 0 radical (unpaired) electrons. The van der Waals surface area contributed by atoms with Crippen molar-refractivity contribution in [3.05, 3.63) is 0 Å². The van der Waals surface area contributed by atoms with Crippen LogP contribution in [-0.4, -0.2) is 67.1 Å². The third kappa shape index (κ3) is 3.18. The Balaban J connectivity index is 2.90. The maximum atomic E-state index is 11.7. The van der Waals surface area contributed by atoms with E-state index in [1.807, 2.05) is 0 Å². The number of aliphatic hydroxyl groups is 2. The molecule has 1 heterocycles. The van der Waals surface area contributed by atoms with E-state index in [1.165, 1.54) is 14.2 Å². The number of nitrogens with one attached hydrogen (secondary N) is 1. The highest BCUT2D eigenvalue weighted by Crippen LogP contribution is 2.25. The van der Waals surface area contributed by atoms with Crippen LogP contribution in [0.25, 0.3) is 0 Å². The highest BCUT2D eigenvalue weighted by Gasteiger charge is 2.48. The average Bonchev–Trinajstić information content (AvgIpc) is 2.34. The third-order valence-corrected chi connectivity index (χ3v) is 2.71. The van der Waals surface area contributed by atoms with Crippen LogP contribution in [0.2, 0.25) is 0 Å². The monoisotopic (exact) mass is 263 g/mol. The van der Waals surface area contributed by atoms with Crippen molar-refractivity contribution >= 4 is 5.91 Å². The molecule has 3 N–H and O–H groups in total. The lowest BCUT2D eigenvalue weighted by atomic mass is 9.98. The van der Waals surface area contributed by atoms with Crippen LogP contribution in [0.1, 0.15) is 13.8 Å². The van der Waals surface area contributed by atoms with E-state index in [0.717, 1.165) is 0 Å². The summed E-state index contributed by atoms with van der Waals surface area (Å²) in [5.74, 6) is -0.436. The molecule has 1 aliphatic rings. The maximum Gasteiger partial charge on any atom is 0.251 e. The molecule has 106 valence electrons. The Morgan fingerprint density at radius 2 is 1.94 bits per heavy atom. The first-order valence-electron chi connectivity index (χ1n) is 5.83. The molecule has 18 heavy (non-hydrogen) atoms. The van der Waals surface area contributed by atoms with Gasteiger partial charge in [0.05, 0.1) is 6.10 Å². The first-order chi connectivity index (χ1) is 8.42. The largest absolute Gasteiger partial charge is 0.387 e. The fourth-order valence-corrected chi connectivity index (χ4v) is 1.85. The number of ether oxygens (including phenoxy) is 3. The minimum atomic E-state index is -1.26. The molecule has 0 aromatic carbocycles. The Labute approximate surface area is 106 Å². The van der Waals surface area contributed by atoms with Crippen LogP contribution >= 0.6 is 0 Å². The van der Waals surface area contributed by atoms with E-state index in [1.54, 1.807) is 13.8 Å². The molecule has 0 bridgehead atoms. The van der Waals surface area contributed by atoms with Gasteiger partial charge in [0, 0.05) is 14.2 Å². The number of carbonyl (C=O) groups is 1. The van der Waals surface area contributed by atoms with Crippen LogP contribution in [0.3, 0.4) is 0 Å². The molecule has 0 spiro atoms. The average molecular weight is 263 g/mol. The molecule has 0 saturated carbocycles. The molecule has 7 heteroatoms. The molecule has 1 unspecified atom stereocenters. The molecule has 1 saturated heterocycles. The van der Waals surface area contributed by atoms with Gasteiger partial charge in [-0.1, -0.05) is 0 Å². The van der Waals surface area contributed by atoms with Gasteiger partial charge in [-0.15, -0.1) is 0 Å². The van der Waals surface area contributed by atoms with E-state index >= 15 is 0 Å². The van der Waals surface area contributed by atoms with Gasteiger partial charge in [-0.25, -0.2) is 0 Å². The molecule has 0 aromatic rings. The van der Waals surface area contributed by atoms with E-state index in [2.05, 4.69) is 5.32 Å². The predicted molar refractivity (Wildman–Crippen MR) is 61.8 cm³/mol. The number of amides is 1. The number of likely N-dealkylation sites (N-methyl/N-ethyl adjacent to an activating group) is 1. The third-order valence-electron chi connectivity index (χ3n) is 2.71. The van der Waals surface area contributed by atoms with E-state index in [-0.39, 0.29) is 6.10 Å². The number of hydrogen-bond acceptors (Lipinski definition) is 6. The molecular formula is C11H21NO6. The number of methoxy groups -OCH3 is 1. The quantitative estimate of drug-likeness (QED) is 0.578. The predicted octanol–water partition coefficient (Wildman–Crippen LogP) is -1.38. The summed E-state index contributed by atoms with van der Waals surface area (Å²) in [6.45, 7) is 3.53. The summed E-state index contributed by atoms with van der Waals surface area (Å²) in [4.78, 5) is 11.7. The molecule has 1 rings (SSSR count). The fraction of sp³-hybridized carbons (Fsp3) is 0.909. The van der Waals surface area contributed by atoms with Crippen LogP contribution in [0.15, 0.2) is 0 Å². The highest BCUT2D eigenvalue weighted by molar-refractivity contribution is 5.81. The van der Waals surface area contributed by atoms with E-state index in [9.17, 15) is 15.0 Å². The van der Waals surface area contributed by atoms with Gasteiger partial charge in [-0.2, -0.15) is 0 Å². The van der Waals surface area contributed by atoms with Gasteiger partial charge < -0.3 is 29.7 Å². The number of rotatable bonds is 4. The first kappa shape index (κ1) is 15.3. The van der Waals surface area contributed by atoms with E-state index in [0.29, 0.717) is 0 Å². The molecule has 1 amide bonds. The van der Waals surface area contributed by atoms with Crippen molar-refractivity contribution in [3.8, 4) is 0 Å². The highest BCUT2D eigenvalue weighted by atomic mass is 16.7. The first-order valence-corrected chi connectivity index (χ1v) is 5.83. The Morgan fingerprint density at radius 1 is 1.33 bits per heavy atom. The minimum absolute atomic E-state index is 0.216. The van der Waals surface area contributed by atoms with Crippen LogP contribution in [0, 0.1) is 0 Å². The lowest BCUT2D eigenvalue weighted by molar-refractivity contribution is -0.294. The van der Waals surface area contributed by atoms with Gasteiger partial charge >= 0.3 is 0 Å². The summed E-state index contributed by atoms with van der Waals surface area (Å²) >= 11 is 0. The van der Waals surface area contributed by atoms with Crippen molar-refractivity contribution in [3.63, 3.8) is 0 Å². The summed E-state index contributed by atoms with van der Waals surface area (Å²) in [5.41, 5.74) is 0. The van der Waals surface area contributed by atoms with Crippen LogP contribution in [0.4, 0.5) is 0 Å². The molecular weight excluding hydrogens is 242 g/mol. The van der Waals surface area contributed by atoms with Gasteiger partial charge in [-0.05, 0) is 13.8 Å². The normalized spacial score (nSPS) is 36.7. The van der Waals surface area contributed by atoms with Crippen LogP contribution in [0.5, 0.6) is 0 Å². The van der Waals surface area contributed by atoms with E-state index < -0.39 is 36.6 Å². The Morgan fingerprint density at radius 3 is 2.39 bits per heavy atom. The number of carbonyl (C=O) groups excluding carboxylic acids is 1.